The van der Waals surface area contributed by atoms with Gasteiger partial charge in [0.2, 0.25) is 0 Å². The van der Waals surface area contributed by atoms with E-state index in [1.54, 1.807) is 24.3 Å². The van der Waals surface area contributed by atoms with Crippen LogP contribution in [-0.4, -0.2) is 0 Å². The molecule has 0 aromatic heterocycles. The summed E-state index contributed by atoms with van der Waals surface area (Å²) in [5, 5.41) is 0. The minimum absolute atomic E-state index is 0.276. The lowest BCUT2D eigenvalue weighted by Gasteiger charge is -2.36. The predicted octanol–water partition coefficient (Wildman–Crippen LogP) is 21.6. The summed E-state index contributed by atoms with van der Waals surface area (Å²) in [7, 11) is 0. The maximum atomic E-state index is 17.4. The van der Waals surface area contributed by atoms with Gasteiger partial charge in [0.1, 0.15) is 46.3 Å². The molecule has 3 aliphatic carbocycles. The van der Waals surface area contributed by atoms with E-state index in [2.05, 4.69) is 123 Å². The van der Waals surface area contributed by atoms with Crippen molar-refractivity contribution in [1.82, 2.24) is 0 Å². The Morgan fingerprint density at radius 3 is 1.03 bits per heavy atom. The first-order valence-corrected chi connectivity index (χ1v) is 29.3. The molecule has 3 nitrogen and oxygen atoms in total. The number of fused-ring (bicyclic) bond motifs is 9. The van der Waals surface area contributed by atoms with Crippen LogP contribution in [0.5, 0.6) is 23.0 Å². The van der Waals surface area contributed by atoms with Crippen molar-refractivity contribution in [3.63, 3.8) is 0 Å². The van der Waals surface area contributed by atoms with Crippen LogP contribution in [0.4, 0.5) is 34.6 Å². The van der Waals surface area contributed by atoms with E-state index in [4.69, 9.17) is 9.47 Å². The van der Waals surface area contributed by atoms with Gasteiger partial charge in [0.15, 0.2) is 0 Å². The molecule has 0 bridgehead atoms. The van der Waals surface area contributed by atoms with Gasteiger partial charge in [-0.3, -0.25) is 0 Å². The van der Waals surface area contributed by atoms with E-state index < -0.39 is 34.1 Å². The van der Waals surface area contributed by atoms with Gasteiger partial charge in [-0.05, 0) is 186 Å². The Hall–Kier alpha value is -10.8. The molecule has 7 heteroatoms. The summed E-state index contributed by atoms with van der Waals surface area (Å²) < 4.78 is 78.3. The van der Waals surface area contributed by atoms with Crippen LogP contribution < -0.4 is 14.4 Å². The van der Waals surface area contributed by atoms with Gasteiger partial charge in [0, 0.05) is 45.7 Å². The summed E-state index contributed by atoms with van der Waals surface area (Å²) >= 11 is 0. The van der Waals surface area contributed by atoms with Crippen LogP contribution in [0.25, 0.3) is 45.5 Å². The molecule has 12 aromatic rings. The maximum Gasteiger partial charge on any atom is 0.130 e. The van der Waals surface area contributed by atoms with E-state index in [1.165, 1.54) is 23.3 Å². The summed E-state index contributed by atoms with van der Waals surface area (Å²) in [5.41, 5.74) is 14.7. The number of benzene rings is 12. The highest BCUT2D eigenvalue weighted by Crippen LogP contribution is 2.61. The Morgan fingerprint density at radius 1 is 0.318 bits per heavy atom. The summed E-state index contributed by atoms with van der Waals surface area (Å²) in [6.07, 6.45) is 3.55. The van der Waals surface area contributed by atoms with Gasteiger partial charge in [-0.2, -0.15) is 0 Å². The molecule has 2 unspecified atom stereocenters. The highest BCUT2D eigenvalue weighted by atomic mass is 19.1. The number of halogens is 4. The number of rotatable bonds is 13. The number of ether oxygens (including phenoxy) is 2. The summed E-state index contributed by atoms with van der Waals surface area (Å²) in [6.45, 7) is 12.3. The fourth-order valence-electron chi connectivity index (χ4n) is 14.4. The van der Waals surface area contributed by atoms with Crippen LogP contribution in [0.2, 0.25) is 0 Å². The highest BCUT2D eigenvalue weighted by molar-refractivity contribution is 5.93. The molecule has 424 valence electrons. The van der Waals surface area contributed by atoms with Gasteiger partial charge >= 0.3 is 0 Å². The standard InChI is InChI=1S/C81H55F4NO2/c1-5-50-19-32-59(33-20-50)87-61-36-23-52(24-37-61)80(72-43-27-54(82)45-77(72)84)70-17-11-8-14-64(70)67-41-30-57(48-75(67)80)86(56-29-40-66-63-13-7-10-16-69(63)79(3,4)74(66)47-56)58-31-42-68-65-15-9-12-18-71(65)81(76(68)49-58,73-44-28-55(83)46-78(73)85)53-25-38-62(39-26-53)88-60-34-21-51(6-2)22-35-60/h5-49H,1-2H2,3-4H3. The van der Waals surface area contributed by atoms with Gasteiger partial charge in [-0.25, -0.2) is 17.6 Å². The fraction of sp³-hybridized carbons (Fsp3) is 0.0617. The summed E-state index contributed by atoms with van der Waals surface area (Å²) in [6, 6.07) is 82.4. The van der Waals surface area contributed by atoms with E-state index in [-0.39, 0.29) is 16.5 Å². The molecule has 2 atom stereocenters. The second kappa shape index (κ2) is 20.7. The molecule has 0 N–H and O–H groups in total. The van der Waals surface area contributed by atoms with Crippen LogP contribution in [-0.2, 0) is 16.2 Å². The second-order valence-corrected chi connectivity index (χ2v) is 23.3. The topological polar surface area (TPSA) is 21.7 Å². The normalized spacial score (nSPS) is 16.1. The van der Waals surface area contributed by atoms with E-state index >= 15 is 17.6 Å². The van der Waals surface area contributed by atoms with Crippen LogP contribution >= 0.6 is 0 Å². The largest absolute Gasteiger partial charge is 0.457 e. The Labute approximate surface area is 509 Å². The molecule has 0 amide bonds. The lowest BCUT2D eigenvalue weighted by atomic mass is 9.67. The minimum Gasteiger partial charge on any atom is -0.457 e. The van der Waals surface area contributed by atoms with E-state index in [9.17, 15) is 0 Å². The zero-order chi connectivity index (χ0) is 60.1. The summed E-state index contributed by atoms with van der Waals surface area (Å²) in [5.74, 6) is -0.338. The van der Waals surface area contributed by atoms with Crippen molar-refractivity contribution < 1.29 is 27.0 Å². The summed E-state index contributed by atoms with van der Waals surface area (Å²) in [4.78, 5) is 2.23. The monoisotopic (exact) mass is 1150 g/mol. The molecule has 0 aliphatic heterocycles. The second-order valence-electron chi connectivity index (χ2n) is 23.3. The van der Waals surface area contributed by atoms with Crippen molar-refractivity contribution in [3.05, 3.63) is 364 Å². The lowest BCUT2D eigenvalue weighted by molar-refractivity contribution is 0.481. The number of hydrogen-bond donors (Lipinski definition) is 0. The van der Waals surface area contributed by atoms with Crippen molar-refractivity contribution in [1.29, 1.82) is 0 Å². The maximum absolute atomic E-state index is 17.4. The van der Waals surface area contributed by atoms with Crippen molar-refractivity contribution in [3.8, 4) is 56.4 Å². The molecule has 0 radical (unpaired) electrons. The third kappa shape index (κ3) is 8.32. The smallest absolute Gasteiger partial charge is 0.130 e. The Bertz CT molecular complexity index is 4550. The van der Waals surface area contributed by atoms with Crippen molar-refractivity contribution in [2.24, 2.45) is 0 Å². The third-order valence-corrected chi connectivity index (χ3v) is 18.3. The number of hydrogen-bond acceptors (Lipinski definition) is 3. The zero-order valence-electron chi connectivity index (χ0n) is 48.2. The number of nitrogens with zero attached hydrogens (tertiary/aromatic N) is 1. The van der Waals surface area contributed by atoms with E-state index in [1.807, 2.05) is 133 Å². The Kier molecular flexibility index (Phi) is 12.7. The first kappa shape index (κ1) is 53.9. The first-order valence-electron chi connectivity index (χ1n) is 29.3. The van der Waals surface area contributed by atoms with Crippen LogP contribution in [0.15, 0.2) is 274 Å². The fourth-order valence-corrected chi connectivity index (χ4v) is 14.4. The third-order valence-electron chi connectivity index (χ3n) is 18.3. The molecule has 0 fully saturated rings. The lowest BCUT2D eigenvalue weighted by Crippen LogP contribution is -2.30. The Morgan fingerprint density at radius 2 is 0.648 bits per heavy atom. The molecule has 0 saturated carbocycles. The van der Waals surface area contributed by atoms with Crippen LogP contribution in [0, 0.1) is 23.3 Å². The average Bonchev–Trinajstić information content (AvgIpc) is 1.56. The van der Waals surface area contributed by atoms with Crippen molar-refractivity contribution in [2.45, 2.75) is 30.1 Å². The molecule has 3 aliphatic rings. The van der Waals surface area contributed by atoms with Gasteiger partial charge in [0.25, 0.3) is 0 Å². The molecular formula is C81H55F4NO2. The zero-order valence-corrected chi connectivity index (χ0v) is 48.2. The molecule has 12 aromatic carbocycles. The first-order chi connectivity index (χ1) is 42.9. The molecule has 0 spiro atoms. The van der Waals surface area contributed by atoms with E-state index in [0.717, 1.165) is 107 Å². The minimum atomic E-state index is -1.32. The van der Waals surface area contributed by atoms with Gasteiger partial charge < -0.3 is 14.4 Å². The molecule has 0 heterocycles. The molecular weight excluding hydrogens is 1090 g/mol. The molecule has 0 saturated heterocycles. The molecule has 15 rings (SSSR count). The molecule has 88 heavy (non-hydrogen) atoms. The van der Waals surface area contributed by atoms with Crippen molar-refractivity contribution in [2.75, 3.05) is 4.90 Å². The average molecular weight is 1150 g/mol. The van der Waals surface area contributed by atoms with Crippen LogP contribution in [0.1, 0.15) is 80.6 Å². The Balaban J connectivity index is 0.964. The van der Waals surface area contributed by atoms with Crippen LogP contribution in [0.3, 0.4) is 0 Å². The van der Waals surface area contributed by atoms with Gasteiger partial charge in [-0.15, -0.1) is 0 Å². The number of anilines is 3. The van der Waals surface area contributed by atoms with E-state index in [0.29, 0.717) is 23.0 Å². The predicted molar refractivity (Wildman–Crippen MR) is 346 cm³/mol. The van der Waals surface area contributed by atoms with Crippen molar-refractivity contribution >= 4 is 29.2 Å². The SMILES string of the molecule is C=Cc1ccc(Oc2ccc(C3(c4ccc(F)cc4F)c4ccccc4-c4ccc(N(c5ccc6c(c5)C(C)(C)c5ccccc5-6)c5ccc6c(c5)C(c5ccc(Oc7ccc(C=C)cc7)cc5)(c5ccc(F)cc5F)c5ccccc5-6)cc43)cc2)cc1. The highest BCUT2D eigenvalue weighted by Gasteiger charge is 2.50. The van der Waals surface area contributed by atoms with Gasteiger partial charge in [0.05, 0.1) is 10.8 Å². The quantitative estimate of drug-likeness (QED) is 0.107. The van der Waals surface area contributed by atoms with Gasteiger partial charge in [-0.1, -0.05) is 191 Å².